The fraction of sp³-hybridized carbons (Fsp3) is 0.125. The van der Waals surface area contributed by atoms with Crippen LogP contribution in [-0.4, -0.2) is 15.0 Å². The van der Waals surface area contributed by atoms with E-state index >= 15 is 0 Å². The Labute approximate surface area is 119 Å². The first kappa shape index (κ1) is 14.3. The lowest BCUT2D eigenvalue weighted by molar-refractivity contribution is 0.601. The summed E-state index contributed by atoms with van der Waals surface area (Å²) in [6, 6.07) is 16.1. The van der Waals surface area contributed by atoms with Gasteiger partial charge in [-0.1, -0.05) is 42.5 Å². The predicted molar refractivity (Wildman–Crippen MR) is 82.4 cm³/mol. The van der Waals surface area contributed by atoms with Gasteiger partial charge in [-0.2, -0.15) is 0 Å². The molecule has 0 unspecified atom stereocenters. The molecule has 0 amide bonds. The van der Waals surface area contributed by atoms with Gasteiger partial charge in [0.05, 0.1) is 16.3 Å². The Morgan fingerprint density at radius 2 is 1.65 bits per heavy atom. The maximum Gasteiger partial charge on any atom is 0.203 e. The molecule has 0 bridgehead atoms. The van der Waals surface area contributed by atoms with Crippen molar-refractivity contribution < 1.29 is 8.42 Å². The normalized spacial score (nSPS) is 11.1. The van der Waals surface area contributed by atoms with Gasteiger partial charge in [0.25, 0.3) is 0 Å². The molecule has 0 atom stereocenters. The van der Waals surface area contributed by atoms with Crippen LogP contribution in [0.2, 0.25) is 0 Å². The summed E-state index contributed by atoms with van der Waals surface area (Å²) < 4.78 is 24.5. The first-order chi connectivity index (χ1) is 9.50. The second kappa shape index (κ2) is 5.92. The quantitative estimate of drug-likeness (QED) is 0.917. The molecular formula is C16H17NO2S. The summed E-state index contributed by atoms with van der Waals surface area (Å²) in [5.41, 5.74) is 2.03. The largest absolute Gasteiger partial charge is 0.380 e. The summed E-state index contributed by atoms with van der Waals surface area (Å²) >= 11 is 0. The van der Waals surface area contributed by atoms with Gasteiger partial charge in [-0.05, 0) is 31.2 Å². The highest BCUT2D eigenvalue weighted by atomic mass is 32.2. The van der Waals surface area contributed by atoms with Crippen molar-refractivity contribution >= 4 is 15.5 Å². The van der Waals surface area contributed by atoms with Crippen LogP contribution in [0.1, 0.15) is 5.56 Å². The van der Waals surface area contributed by atoms with Gasteiger partial charge in [-0.3, -0.25) is 0 Å². The van der Waals surface area contributed by atoms with E-state index in [0.29, 0.717) is 0 Å². The molecule has 0 aliphatic heterocycles. The van der Waals surface area contributed by atoms with E-state index in [0.717, 1.165) is 11.3 Å². The van der Waals surface area contributed by atoms with Gasteiger partial charge in [0.1, 0.15) is 0 Å². The second-order valence-corrected chi connectivity index (χ2v) is 6.63. The summed E-state index contributed by atoms with van der Waals surface area (Å²) in [5, 5.41) is 3.07. The highest BCUT2D eigenvalue weighted by Gasteiger charge is 2.17. The van der Waals surface area contributed by atoms with Crippen LogP contribution in [0.25, 0.3) is 0 Å². The summed E-state index contributed by atoms with van der Waals surface area (Å²) in [5.74, 6) is 0. The molecule has 0 saturated heterocycles. The van der Waals surface area contributed by atoms with E-state index in [9.17, 15) is 8.42 Å². The minimum Gasteiger partial charge on any atom is -0.380 e. The maximum absolute atomic E-state index is 12.3. The molecule has 0 radical (unpaired) electrons. The zero-order valence-electron chi connectivity index (χ0n) is 11.3. The molecule has 0 saturated carbocycles. The van der Waals surface area contributed by atoms with Gasteiger partial charge >= 0.3 is 0 Å². The van der Waals surface area contributed by atoms with E-state index in [4.69, 9.17) is 0 Å². The topological polar surface area (TPSA) is 46.2 Å². The molecule has 20 heavy (non-hydrogen) atoms. The molecule has 2 aromatic carbocycles. The number of hydrogen-bond acceptors (Lipinski definition) is 3. The molecule has 0 aliphatic carbocycles. The number of sulfone groups is 1. The molecule has 0 spiro atoms. The van der Waals surface area contributed by atoms with Gasteiger partial charge in [-0.25, -0.2) is 8.42 Å². The van der Waals surface area contributed by atoms with Crippen LogP contribution in [0, 0.1) is 6.92 Å². The standard InChI is InChI=1S/C16H17NO2S/c1-13-8-10-15(11-9-13)17-12-14(2)20(18,19)16-6-4-3-5-7-16/h3-11,17H,2,12H2,1H3. The third-order valence-corrected chi connectivity index (χ3v) is 4.77. The highest BCUT2D eigenvalue weighted by molar-refractivity contribution is 7.95. The number of nitrogens with one attached hydrogen (secondary N) is 1. The lowest BCUT2D eigenvalue weighted by atomic mass is 10.2. The molecule has 0 fully saturated rings. The summed E-state index contributed by atoms with van der Waals surface area (Å²) in [7, 11) is -3.47. The van der Waals surface area contributed by atoms with Crippen LogP contribution in [0.5, 0.6) is 0 Å². The molecule has 2 rings (SSSR count). The maximum atomic E-state index is 12.3. The van der Waals surface area contributed by atoms with Crippen molar-refractivity contribution in [3.8, 4) is 0 Å². The van der Waals surface area contributed by atoms with Crippen LogP contribution < -0.4 is 5.32 Å². The van der Waals surface area contributed by atoms with Crippen LogP contribution in [-0.2, 0) is 9.84 Å². The second-order valence-electron chi connectivity index (χ2n) is 4.57. The van der Waals surface area contributed by atoms with Crippen molar-refractivity contribution in [1.82, 2.24) is 0 Å². The number of aryl methyl sites for hydroxylation is 1. The Morgan fingerprint density at radius 3 is 2.25 bits per heavy atom. The summed E-state index contributed by atoms with van der Waals surface area (Å²) in [4.78, 5) is 0.431. The van der Waals surface area contributed by atoms with Gasteiger partial charge in [0.2, 0.25) is 9.84 Å². The van der Waals surface area contributed by atoms with E-state index in [2.05, 4.69) is 11.9 Å². The average Bonchev–Trinajstić information content (AvgIpc) is 2.47. The zero-order valence-corrected chi connectivity index (χ0v) is 12.2. The lowest BCUT2D eigenvalue weighted by Crippen LogP contribution is -2.13. The lowest BCUT2D eigenvalue weighted by Gasteiger charge is -2.10. The van der Waals surface area contributed by atoms with E-state index in [1.54, 1.807) is 30.3 Å². The third-order valence-electron chi connectivity index (χ3n) is 2.97. The van der Waals surface area contributed by atoms with Crippen molar-refractivity contribution in [2.45, 2.75) is 11.8 Å². The number of hydrogen-bond donors (Lipinski definition) is 1. The van der Waals surface area contributed by atoms with Crippen molar-refractivity contribution in [1.29, 1.82) is 0 Å². The first-order valence-corrected chi connectivity index (χ1v) is 7.77. The summed E-state index contributed by atoms with van der Waals surface area (Å²) in [6.45, 7) is 5.88. The Morgan fingerprint density at radius 1 is 1.05 bits per heavy atom. The molecule has 0 heterocycles. The molecule has 0 aromatic heterocycles. The Hall–Kier alpha value is -2.07. The smallest absolute Gasteiger partial charge is 0.203 e. The van der Waals surface area contributed by atoms with Gasteiger partial charge in [0, 0.05) is 5.69 Å². The van der Waals surface area contributed by atoms with Crippen LogP contribution in [0.3, 0.4) is 0 Å². The predicted octanol–water partition coefficient (Wildman–Crippen LogP) is 3.39. The minimum atomic E-state index is -3.47. The average molecular weight is 287 g/mol. The van der Waals surface area contributed by atoms with E-state index in [1.165, 1.54) is 0 Å². The fourth-order valence-corrected chi connectivity index (χ4v) is 2.84. The third kappa shape index (κ3) is 3.27. The molecule has 0 aliphatic rings. The Balaban J connectivity index is 2.07. The van der Waals surface area contributed by atoms with E-state index in [-0.39, 0.29) is 16.3 Å². The molecular weight excluding hydrogens is 270 g/mol. The van der Waals surface area contributed by atoms with Crippen molar-refractivity contribution in [2.75, 3.05) is 11.9 Å². The van der Waals surface area contributed by atoms with Crippen molar-refractivity contribution in [3.05, 3.63) is 71.6 Å². The SMILES string of the molecule is C=C(CNc1ccc(C)cc1)S(=O)(=O)c1ccccc1. The zero-order chi connectivity index (χ0) is 14.6. The minimum absolute atomic E-state index is 0.157. The van der Waals surface area contributed by atoms with Crippen molar-refractivity contribution in [3.63, 3.8) is 0 Å². The van der Waals surface area contributed by atoms with Crippen molar-refractivity contribution in [2.24, 2.45) is 0 Å². The van der Waals surface area contributed by atoms with Gasteiger partial charge in [-0.15, -0.1) is 0 Å². The van der Waals surface area contributed by atoms with E-state index < -0.39 is 9.84 Å². The highest BCUT2D eigenvalue weighted by Crippen LogP contribution is 2.18. The number of anilines is 1. The summed E-state index contributed by atoms with van der Waals surface area (Å²) in [6.07, 6.45) is 0. The Bertz CT molecular complexity index is 689. The van der Waals surface area contributed by atoms with Crippen LogP contribution in [0.4, 0.5) is 5.69 Å². The number of rotatable bonds is 5. The molecule has 2 aromatic rings. The van der Waals surface area contributed by atoms with Gasteiger partial charge < -0.3 is 5.32 Å². The molecule has 4 heteroatoms. The van der Waals surface area contributed by atoms with Crippen LogP contribution in [0.15, 0.2) is 71.0 Å². The Kier molecular flexibility index (Phi) is 4.25. The van der Waals surface area contributed by atoms with Crippen LogP contribution >= 0.6 is 0 Å². The van der Waals surface area contributed by atoms with Gasteiger partial charge in [0.15, 0.2) is 0 Å². The molecule has 3 nitrogen and oxygen atoms in total. The molecule has 104 valence electrons. The molecule has 1 N–H and O–H groups in total. The number of benzene rings is 2. The fourth-order valence-electron chi connectivity index (χ4n) is 1.73. The first-order valence-electron chi connectivity index (χ1n) is 6.28. The monoisotopic (exact) mass is 287 g/mol. The van der Waals surface area contributed by atoms with E-state index in [1.807, 2.05) is 31.2 Å².